The fourth-order valence-corrected chi connectivity index (χ4v) is 11.7. The number of carbonyl (C=O) groups is 1. The maximum atomic E-state index is 13.1. The lowest BCUT2D eigenvalue weighted by molar-refractivity contribution is -0.148. The Morgan fingerprint density at radius 2 is 1.52 bits per heavy atom. The van der Waals surface area contributed by atoms with Gasteiger partial charge in [0.2, 0.25) is 0 Å². The lowest BCUT2D eigenvalue weighted by Gasteiger charge is -2.39. The zero-order valence-electron chi connectivity index (χ0n) is 14.8. The topological polar surface area (TPSA) is 26.3 Å². The zero-order chi connectivity index (χ0) is 19.5. The number of hydrogen-bond acceptors (Lipinski definition) is 2. The van der Waals surface area contributed by atoms with Gasteiger partial charge in [-0.05, 0) is 50.9 Å². The van der Waals surface area contributed by atoms with Gasteiger partial charge < -0.3 is 4.74 Å². The van der Waals surface area contributed by atoms with E-state index >= 15 is 0 Å². The Bertz CT molecular complexity index is 803. The molecule has 1 heterocycles. The highest BCUT2D eigenvalue weighted by molar-refractivity contribution is 9.25. The second-order valence-electron chi connectivity index (χ2n) is 10.3. The van der Waals surface area contributed by atoms with E-state index in [4.69, 9.17) is 51.1 Å². The van der Waals surface area contributed by atoms with Crippen LogP contribution in [0.5, 0.6) is 0 Å². The third kappa shape index (κ3) is 1.86. The fourth-order valence-electron chi connectivity index (χ4n) is 7.72. The predicted molar refractivity (Wildman–Crippen MR) is 114 cm³/mol. The van der Waals surface area contributed by atoms with E-state index in [0.29, 0.717) is 5.92 Å². The van der Waals surface area contributed by atoms with Crippen LogP contribution in [0, 0.1) is 33.5 Å². The van der Waals surface area contributed by atoms with Gasteiger partial charge in [-0.1, -0.05) is 38.8 Å². The maximum absolute atomic E-state index is 13.1. The number of ether oxygens (including phenoxy) is 1. The van der Waals surface area contributed by atoms with Crippen LogP contribution in [0.15, 0.2) is 0 Å². The average Bonchev–Trinajstić information content (AvgIpc) is 3.37. The number of rotatable bonds is 0. The molecule has 0 unspecified atom stereocenters. The number of fused-ring (bicyclic) bond motifs is 6. The quantitative estimate of drug-likeness (QED) is 0.234. The van der Waals surface area contributed by atoms with E-state index in [1.807, 2.05) is 0 Å². The summed E-state index contributed by atoms with van der Waals surface area (Å²) < 4.78 is 4.42. The minimum absolute atomic E-state index is 0.0882. The molecule has 6 fully saturated rings. The van der Waals surface area contributed by atoms with Crippen molar-refractivity contribution >= 4 is 84.2 Å². The van der Waals surface area contributed by atoms with Crippen molar-refractivity contribution in [2.24, 2.45) is 33.5 Å². The van der Waals surface area contributed by atoms with E-state index in [0.717, 1.165) is 44.9 Å². The molecule has 0 amide bonds. The number of alkyl halides is 6. The van der Waals surface area contributed by atoms with Crippen molar-refractivity contribution in [3.05, 3.63) is 0 Å². The minimum atomic E-state index is -0.735. The Morgan fingerprint density at radius 3 is 2.00 bits per heavy atom. The van der Waals surface area contributed by atoms with Gasteiger partial charge in [-0.3, -0.25) is 4.79 Å². The van der Waals surface area contributed by atoms with Gasteiger partial charge in [0.1, 0.15) is 20.2 Å². The van der Waals surface area contributed by atoms with Crippen LogP contribution in [-0.2, 0) is 9.53 Å². The molecule has 5 saturated carbocycles. The predicted octanol–water partition coefficient (Wildman–Crippen LogP) is 6.74. The third-order valence-electron chi connectivity index (χ3n) is 9.55. The molecule has 27 heavy (non-hydrogen) atoms. The first-order valence-corrected chi connectivity index (χ1v) is 12.7. The highest BCUT2D eigenvalue weighted by atomic mass is 79.9. The molecule has 0 bridgehead atoms. The van der Waals surface area contributed by atoms with E-state index in [1.54, 1.807) is 0 Å². The van der Waals surface area contributed by atoms with Crippen molar-refractivity contribution in [3.8, 4) is 0 Å². The van der Waals surface area contributed by atoms with Crippen LogP contribution in [0.25, 0.3) is 0 Å². The van der Waals surface area contributed by atoms with Gasteiger partial charge in [-0.25, -0.2) is 0 Å². The SMILES string of the molecule is C[C@@]12CC[C@]3(CC3(Cl)Cl)[C@@H]3CC[C@]4(CC4(Cl)Cl)[C@@H]3[C@H]1OC(=O)[C@]21CC1(Br)Br. The highest BCUT2D eigenvalue weighted by Crippen LogP contribution is 2.88. The number of hydrogen-bond donors (Lipinski definition) is 0. The Hall–Kier alpha value is 1.59. The number of carbonyl (C=O) groups excluding carboxylic acids is 1. The molecule has 1 aliphatic heterocycles. The van der Waals surface area contributed by atoms with E-state index in [1.165, 1.54) is 0 Å². The summed E-state index contributed by atoms with van der Waals surface area (Å²) in [5.41, 5.74) is -1.12. The minimum Gasteiger partial charge on any atom is -0.461 e. The summed E-state index contributed by atoms with van der Waals surface area (Å²) in [6.07, 6.45) is 5.92. The van der Waals surface area contributed by atoms with Crippen LogP contribution >= 0.6 is 78.3 Å². The summed E-state index contributed by atoms with van der Waals surface area (Å²) >= 11 is 34.4. The standard InChI is InChI=1S/C19H20Br2Cl4O2/c1-13-4-5-14(6-18(14,22)23)9-2-3-15(7-19(15,24)25)10(9)11(13)27-12(26)16(13)8-17(16,20)21/h9-11H,2-8H2,1H3/t9-,10+,11-,13-,14+,15+,16-/m1/s1. The first kappa shape index (κ1) is 19.3. The van der Waals surface area contributed by atoms with Crippen LogP contribution in [-0.4, -0.2) is 24.0 Å². The lowest BCUT2D eigenvalue weighted by atomic mass is 9.65. The van der Waals surface area contributed by atoms with Gasteiger partial charge >= 0.3 is 5.97 Å². The van der Waals surface area contributed by atoms with Crippen LogP contribution in [0.3, 0.4) is 0 Å². The van der Waals surface area contributed by atoms with Crippen LogP contribution in [0.1, 0.15) is 51.9 Å². The van der Waals surface area contributed by atoms with E-state index in [-0.39, 0.29) is 34.2 Å². The average molecular weight is 582 g/mol. The molecule has 0 aromatic rings. The van der Waals surface area contributed by atoms with Crippen molar-refractivity contribution in [3.63, 3.8) is 0 Å². The summed E-state index contributed by atoms with van der Waals surface area (Å²) in [6, 6.07) is 0. The second kappa shape index (κ2) is 4.82. The first-order valence-electron chi connectivity index (χ1n) is 9.65. The van der Waals surface area contributed by atoms with Gasteiger partial charge in [0.15, 0.2) is 0 Å². The zero-order valence-corrected chi connectivity index (χ0v) is 21.0. The van der Waals surface area contributed by atoms with Gasteiger partial charge in [0.05, 0.1) is 3.23 Å². The van der Waals surface area contributed by atoms with Gasteiger partial charge in [-0.2, -0.15) is 0 Å². The summed E-state index contributed by atoms with van der Waals surface area (Å²) in [7, 11) is 0. The van der Waals surface area contributed by atoms with Gasteiger partial charge in [0, 0.05) is 22.2 Å². The normalized spacial score (nSPS) is 60.1. The van der Waals surface area contributed by atoms with Crippen LogP contribution < -0.4 is 0 Å². The van der Waals surface area contributed by atoms with Crippen LogP contribution in [0.4, 0.5) is 0 Å². The van der Waals surface area contributed by atoms with Crippen molar-refractivity contribution in [1.82, 2.24) is 0 Å². The molecule has 6 aliphatic rings. The molecule has 1 saturated heterocycles. The van der Waals surface area contributed by atoms with Crippen molar-refractivity contribution in [2.45, 2.75) is 69.9 Å². The Morgan fingerprint density at radius 1 is 0.963 bits per heavy atom. The first-order chi connectivity index (χ1) is 12.3. The molecule has 0 N–H and O–H groups in total. The Labute approximate surface area is 195 Å². The second-order valence-corrected chi connectivity index (χ2v) is 17.0. The monoisotopic (exact) mass is 578 g/mol. The molecule has 150 valence electrons. The summed E-state index contributed by atoms with van der Waals surface area (Å²) in [4.78, 5) is 13.1. The van der Waals surface area contributed by atoms with E-state index in [2.05, 4.69) is 38.8 Å². The molecule has 3 spiro atoms. The molecule has 6 rings (SSSR count). The summed E-state index contributed by atoms with van der Waals surface area (Å²) in [5.74, 6) is 0.342. The smallest absolute Gasteiger partial charge is 0.315 e. The van der Waals surface area contributed by atoms with Crippen molar-refractivity contribution in [2.75, 3.05) is 0 Å². The molecule has 5 aliphatic carbocycles. The summed E-state index contributed by atoms with van der Waals surface area (Å²) in [6.45, 7) is 2.23. The fraction of sp³-hybridized carbons (Fsp3) is 0.947. The van der Waals surface area contributed by atoms with Gasteiger partial charge in [-0.15, -0.1) is 46.4 Å². The van der Waals surface area contributed by atoms with E-state index < -0.39 is 17.3 Å². The summed E-state index contributed by atoms with van der Waals surface area (Å²) in [5, 5.41) is 0. The molecule has 0 aromatic carbocycles. The van der Waals surface area contributed by atoms with Crippen molar-refractivity contribution in [1.29, 1.82) is 0 Å². The number of esters is 1. The molecule has 7 atom stereocenters. The maximum Gasteiger partial charge on any atom is 0.315 e. The molecular formula is C19H20Br2Cl4O2. The Balaban J connectivity index is 1.52. The van der Waals surface area contributed by atoms with Crippen molar-refractivity contribution < 1.29 is 9.53 Å². The largest absolute Gasteiger partial charge is 0.461 e. The Kier molecular flexibility index (Phi) is 3.45. The third-order valence-corrected chi connectivity index (χ3v) is 13.5. The highest BCUT2D eigenvalue weighted by Gasteiger charge is 2.89. The lowest BCUT2D eigenvalue weighted by Crippen LogP contribution is -2.44. The molecular weight excluding hydrogens is 562 g/mol. The molecule has 8 heteroatoms. The number of halogens is 6. The molecule has 0 aromatic heterocycles. The van der Waals surface area contributed by atoms with E-state index in [9.17, 15) is 4.79 Å². The molecule has 2 nitrogen and oxygen atoms in total. The van der Waals surface area contributed by atoms with Gasteiger partial charge in [0.25, 0.3) is 0 Å². The molecule has 0 radical (unpaired) electrons. The van der Waals surface area contributed by atoms with Crippen LogP contribution in [0.2, 0.25) is 0 Å².